The van der Waals surface area contributed by atoms with Gasteiger partial charge in [-0.25, -0.2) is 14.0 Å². The molecule has 0 aromatic heterocycles. The summed E-state index contributed by atoms with van der Waals surface area (Å²) in [4.78, 5) is 39.8. The molecule has 1 unspecified atom stereocenters. The Labute approximate surface area is 270 Å². The van der Waals surface area contributed by atoms with Crippen LogP contribution in [0.25, 0.3) is 0 Å². The fourth-order valence-electron chi connectivity index (χ4n) is 5.68. The number of fused-ring (bicyclic) bond motifs is 1. The largest absolute Gasteiger partial charge is 0.493 e. The summed E-state index contributed by atoms with van der Waals surface area (Å²) in [5, 5.41) is 5.59. The van der Waals surface area contributed by atoms with E-state index in [1.54, 1.807) is 36.2 Å². The number of amides is 3. The molecule has 0 spiro atoms. The van der Waals surface area contributed by atoms with Crippen molar-refractivity contribution in [3.05, 3.63) is 64.5 Å². The zero-order chi connectivity index (χ0) is 33.3. The molecule has 2 aromatic carbocycles. The summed E-state index contributed by atoms with van der Waals surface area (Å²) < 4.78 is 42.4. The van der Waals surface area contributed by atoms with Gasteiger partial charge in [-0.1, -0.05) is 12.1 Å². The van der Waals surface area contributed by atoms with Crippen LogP contribution in [0, 0.1) is 11.7 Å². The maximum absolute atomic E-state index is 14.4. The molecule has 2 aliphatic rings. The summed E-state index contributed by atoms with van der Waals surface area (Å²) >= 11 is 0. The van der Waals surface area contributed by atoms with Crippen LogP contribution in [0.4, 0.5) is 14.0 Å². The molecule has 4 rings (SSSR count). The highest BCUT2D eigenvalue weighted by molar-refractivity contribution is 5.95. The van der Waals surface area contributed by atoms with Gasteiger partial charge in [-0.05, 0) is 81.3 Å². The summed E-state index contributed by atoms with van der Waals surface area (Å²) in [6.45, 7) is 7.67. The molecule has 3 amide bonds. The van der Waals surface area contributed by atoms with Crippen LogP contribution in [0.3, 0.4) is 0 Å². The van der Waals surface area contributed by atoms with Crippen LogP contribution in [-0.2, 0) is 25.4 Å². The lowest BCUT2D eigenvalue weighted by atomic mass is 9.92. The van der Waals surface area contributed by atoms with E-state index in [0.29, 0.717) is 48.5 Å². The number of halogens is 1. The summed E-state index contributed by atoms with van der Waals surface area (Å²) in [5.41, 5.74) is 1.77. The molecule has 0 radical (unpaired) electrons. The quantitative estimate of drug-likeness (QED) is 0.310. The molecule has 252 valence electrons. The van der Waals surface area contributed by atoms with Crippen molar-refractivity contribution in [3.63, 3.8) is 0 Å². The van der Waals surface area contributed by atoms with Crippen molar-refractivity contribution in [1.29, 1.82) is 0 Å². The fraction of sp³-hybridized carbons (Fsp3) is 0.559. The third-order valence-electron chi connectivity index (χ3n) is 7.98. The van der Waals surface area contributed by atoms with Crippen molar-refractivity contribution in [1.82, 2.24) is 15.5 Å². The van der Waals surface area contributed by atoms with Crippen molar-refractivity contribution in [2.24, 2.45) is 5.92 Å². The summed E-state index contributed by atoms with van der Waals surface area (Å²) in [6, 6.07) is 9.20. The third kappa shape index (κ3) is 9.80. The van der Waals surface area contributed by atoms with Crippen LogP contribution in [-0.4, -0.2) is 88.3 Å². The predicted molar refractivity (Wildman–Crippen MR) is 169 cm³/mol. The van der Waals surface area contributed by atoms with Gasteiger partial charge >= 0.3 is 12.2 Å². The van der Waals surface area contributed by atoms with E-state index in [-0.39, 0.29) is 37.6 Å². The molecule has 2 aliphatic heterocycles. The number of nitrogens with zero attached hydrogens (tertiary/aromatic N) is 1. The van der Waals surface area contributed by atoms with Crippen molar-refractivity contribution in [2.75, 3.05) is 53.7 Å². The topological polar surface area (TPSA) is 125 Å². The van der Waals surface area contributed by atoms with Gasteiger partial charge in [0, 0.05) is 50.9 Å². The smallest absolute Gasteiger partial charge is 0.410 e. The number of hydrogen-bond donors (Lipinski definition) is 2. The molecule has 2 N–H and O–H groups in total. The van der Waals surface area contributed by atoms with E-state index in [1.165, 1.54) is 19.2 Å². The summed E-state index contributed by atoms with van der Waals surface area (Å²) in [5.74, 6) is 0.0250. The van der Waals surface area contributed by atoms with Crippen molar-refractivity contribution < 1.29 is 42.5 Å². The van der Waals surface area contributed by atoms with Crippen LogP contribution in [0.2, 0.25) is 0 Å². The highest BCUT2D eigenvalue weighted by Crippen LogP contribution is 2.38. The number of likely N-dealkylation sites (N-methyl/N-ethyl adjacent to an activating group) is 1. The highest BCUT2D eigenvalue weighted by atomic mass is 19.1. The van der Waals surface area contributed by atoms with E-state index in [1.807, 2.05) is 20.8 Å². The number of ether oxygens (including phenoxy) is 5. The first-order valence-electron chi connectivity index (χ1n) is 15.8. The van der Waals surface area contributed by atoms with Gasteiger partial charge in [-0.2, -0.15) is 0 Å². The lowest BCUT2D eigenvalue weighted by Gasteiger charge is -2.34. The molecular weight excluding hydrogens is 597 g/mol. The summed E-state index contributed by atoms with van der Waals surface area (Å²) in [6.07, 6.45) is 1.37. The molecule has 3 atom stereocenters. The second-order valence-corrected chi connectivity index (χ2v) is 12.6. The molecule has 1 saturated heterocycles. The first kappa shape index (κ1) is 35.0. The van der Waals surface area contributed by atoms with E-state index >= 15 is 0 Å². The Morgan fingerprint density at radius 2 is 1.93 bits per heavy atom. The minimum atomic E-state index is -0.740. The normalized spacial score (nSPS) is 17.2. The Morgan fingerprint density at radius 1 is 1.13 bits per heavy atom. The number of carbonyl (C=O) groups is 3. The highest BCUT2D eigenvalue weighted by Gasteiger charge is 2.30. The second kappa shape index (κ2) is 16.1. The molecule has 2 aromatic rings. The number of hydrogen-bond acceptors (Lipinski definition) is 8. The standard InChI is InChI=1S/C34H46FN3O8/c1-34(2,3)46-33(41)38(4)26(16-22-8-7-13-43-21-22)20-37-31(39)24-18-28(27-11-14-44-29(27)19-24)30(23-9-6-10-25(35)17-23)45-15-12-36-32(40)42-5/h6,9-10,17-19,22,26,30H,7-8,11-16,20-21H2,1-5H3,(H,36,40)(H,37,39)/t22-,26+,30?/m1/s1. The van der Waals surface area contributed by atoms with Crippen molar-refractivity contribution in [3.8, 4) is 5.75 Å². The number of nitrogens with one attached hydrogen (secondary N) is 2. The van der Waals surface area contributed by atoms with Crippen LogP contribution >= 0.6 is 0 Å². The Balaban J connectivity index is 1.57. The van der Waals surface area contributed by atoms with Gasteiger partial charge in [0.1, 0.15) is 23.3 Å². The van der Waals surface area contributed by atoms with Crippen LogP contribution in [0.1, 0.15) is 73.2 Å². The molecule has 0 bridgehead atoms. The zero-order valence-corrected chi connectivity index (χ0v) is 27.4. The number of rotatable bonds is 12. The molecule has 2 heterocycles. The van der Waals surface area contributed by atoms with E-state index in [9.17, 15) is 18.8 Å². The summed E-state index contributed by atoms with van der Waals surface area (Å²) in [7, 11) is 2.96. The molecule has 12 heteroatoms. The lowest BCUT2D eigenvalue weighted by molar-refractivity contribution is 0.0112. The van der Waals surface area contributed by atoms with E-state index < -0.39 is 29.7 Å². The maximum Gasteiger partial charge on any atom is 0.410 e. The van der Waals surface area contributed by atoms with Crippen molar-refractivity contribution >= 4 is 18.1 Å². The van der Waals surface area contributed by atoms with Crippen LogP contribution in [0.15, 0.2) is 36.4 Å². The van der Waals surface area contributed by atoms with Crippen LogP contribution in [0.5, 0.6) is 5.75 Å². The van der Waals surface area contributed by atoms with E-state index in [0.717, 1.165) is 25.0 Å². The lowest BCUT2D eigenvalue weighted by Crippen LogP contribution is -2.48. The SMILES string of the molecule is COC(=O)NCCOC(c1cccc(F)c1)c1cc(C(=O)NC[C@H](C[C@H]2CCCOC2)N(C)C(=O)OC(C)(C)C)cc2c1CCO2. The number of alkyl carbamates (subject to hydrolysis) is 1. The molecule has 0 saturated carbocycles. The average Bonchev–Trinajstić information content (AvgIpc) is 3.51. The third-order valence-corrected chi connectivity index (χ3v) is 7.98. The molecular formula is C34H46FN3O8. The molecule has 1 fully saturated rings. The Bertz CT molecular complexity index is 1360. The van der Waals surface area contributed by atoms with Gasteiger partial charge in [-0.15, -0.1) is 0 Å². The average molecular weight is 644 g/mol. The maximum atomic E-state index is 14.4. The Kier molecular flexibility index (Phi) is 12.2. The Hall–Kier alpha value is -3.90. The van der Waals surface area contributed by atoms with Crippen molar-refractivity contribution in [2.45, 2.75) is 64.2 Å². The first-order valence-corrected chi connectivity index (χ1v) is 15.8. The minimum Gasteiger partial charge on any atom is -0.493 e. The van der Waals surface area contributed by atoms with Gasteiger partial charge in [0.25, 0.3) is 5.91 Å². The molecule has 46 heavy (non-hydrogen) atoms. The first-order chi connectivity index (χ1) is 21.9. The van der Waals surface area contributed by atoms with E-state index in [4.69, 9.17) is 18.9 Å². The second-order valence-electron chi connectivity index (χ2n) is 12.6. The van der Waals surface area contributed by atoms with Gasteiger partial charge in [-0.3, -0.25) is 4.79 Å². The predicted octanol–water partition coefficient (Wildman–Crippen LogP) is 5.00. The molecule has 11 nitrogen and oxygen atoms in total. The van der Waals surface area contributed by atoms with Gasteiger partial charge in [0.05, 0.1) is 26.4 Å². The number of carbonyl (C=O) groups excluding carboxylic acids is 3. The van der Waals surface area contributed by atoms with E-state index in [2.05, 4.69) is 15.4 Å². The minimum absolute atomic E-state index is 0.103. The van der Waals surface area contributed by atoms with Gasteiger partial charge in [0.2, 0.25) is 0 Å². The molecule has 0 aliphatic carbocycles. The van der Waals surface area contributed by atoms with Gasteiger partial charge in [0.15, 0.2) is 0 Å². The Morgan fingerprint density at radius 3 is 2.63 bits per heavy atom. The van der Waals surface area contributed by atoms with Gasteiger partial charge < -0.3 is 39.2 Å². The number of methoxy groups -OCH3 is 1. The number of benzene rings is 2. The monoisotopic (exact) mass is 643 g/mol. The fourth-order valence-corrected chi connectivity index (χ4v) is 5.68. The zero-order valence-electron chi connectivity index (χ0n) is 27.4. The van der Waals surface area contributed by atoms with Crippen LogP contribution < -0.4 is 15.4 Å².